The molecule has 0 amide bonds. The molecule has 0 atom stereocenters. The summed E-state index contributed by atoms with van der Waals surface area (Å²) >= 11 is 1.36. The summed E-state index contributed by atoms with van der Waals surface area (Å²) < 4.78 is 5.52. The predicted octanol–water partition coefficient (Wildman–Crippen LogP) is 3.11. The summed E-state index contributed by atoms with van der Waals surface area (Å²) in [5, 5.41) is 0.231. The molecule has 84 valence electrons. The van der Waals surface area contributed by atoms with Crippen molar-refractivity contribution in [1.29, 1.82) is 0 Å². The van der Waals surface area contributed by atoms with Gasteiger partial charge in [-0.1, -0.05) is 32.5 Å². The van der Waals surface area contributed by atoms with E-state index in [4.69, 9.17) is 4.74 Å². The van der Waals surface area contributed by atoms with Crippen molar-refractivity contribution in [3.63, 3.8) is 0 Å². The Morgan fingerprint density at radius 2 is 1.64 bits per heavy atom. The van der Waals surface area contributed by atoms with Crippen LogP contribution in [-0.4, -0.2) is 23.1 Å². The third kappa shape index (κ3) is 7.39. The normalized spacial score (nSPS) is 13.0. The smallest absolute Gasteiger partial charge is 0.194 e. The van der Waals surface area contributed by atoms with Gasteiger partial charge in [-0.3, -0.25) is 4.79 Å². The van der Waals surface area contributed by atoms with Gasteiger partial charge in [-0.05, 0) is 20.8 Å². The van der Waals surface area contributed by atoms with Gasteiger partial charge in [0.1, 0.15) is 0 Å². The predicted molar refractivity (Wildman–Crippen MR) is 62.6 cm³/mol. The Morgan fingerprint density at radius 3 is 2.00 bits per heavy atom. The quantitative estimate of drug-likeness (QED) is 0.681. The van der Waals surface area contributed by atoms with Gasteiger partial charge in [0.15, 0.2) is 5.12 Å². The summed E-state index contributed by atoms with van der Waals surface area (Å²) in [6.07, 6.45) is 0. The average molecular weight is 218 g/mol. The number of ether oxygens (including phenoxy) is 1. The Bertz CT molecular complexity index is 186. The van der Waals surface area contributed by atoms with E-state index in [1.165, 1.54) is 11.8 Å². The fraction of sp³-hybridized carbons (Fsp3) is 0.909. The largest absolute Gasteiger partial charge is 0.375 e. The third-order valence-corrected chi connectivity index (χ3v) is 2.71. The fourth-order valence-corrected chi connectivity index (χ4v) is 1.48. The number of carbonyl (C=O) groups is 1. The summed E-state index contributed by atoms with van der Waals surface area (Å²) in [7, 11) is 0. The SMILES string of the molecule is CC(C)(C)OCCSC(=O)C(C)(C)C. The maximum Gasteiger partial charge on any atom is 0.194 e. The minimum Gasteiger partial charge on any atom is -0.375 e. The van der Waals surface area contributed by atoms with Crippen molar-refractivity contribution < 1.29 is 9.53 Å². The van der Waals surface area contributed by atoms with E-state index in [9.17, 15) is 4.79 Å². The molecule has 0 rings (SSSR count). The molecule has 0 saturated carbocycles. The van der Waals surface area contributed by atoms with Gasteiger partial charge in [0, 0.05) is 11.2 Å². The number of hydrogen-bond donors (Lipinski definition) is 0. The summed E-state index contributed by atoms with van der Waals surface area (Å²) in [5.74, 6) is 0.743. The van der Waals surface area contributed by atoms with Crippen LogP contribution in [0, 0.1) is 5.41 Å². The van der Waals surface area contributed by atoms with Crippen LogP contribution >= 0.6 is 11.8 Å². The Hall–Kier alpha value is -0.0200. The van der Waals surface area contributed by atoms with Crippen LogP contribution in [0.15, 0.2) is 0 Å². The van der Waals surface area contributed by atoms with Crippen molar-refractivity contribution in [2.45, 2.75) is 47.1 Å². The Kier molecular flexibility index (Phi) is 5.16. The molecule has 0 fully saturated rings. The molecule has 0 aliphatic rings. The summed E-state index contributed by atoms with van der Waals surface area (Å²) in [4.78, 5) is 11.5. The highest BCUT2D eigenvalue weighted by atomic mass is 32.2. The first-order chi connectivity index (χ1) is 6.13. The molecule has 0 unspecified atom stereocenters. The second kappa shape index (κ2) is 5.17. The van der Waals surface area contributed by atoms with Crippen LogP contribution in [0.1, 0.15) is 41.5 Å². The van der Waals surface area contributed by atoms with E-state index in [1.54, 1.807) is 0 Å². The molecule has 0 bridgehead atoms. The summed E-state index contributed by atoms with van der Waals surface area (Å²) in [5.41, 5.74) is -0.349. The molecule has 0 aliphatic carbocycles. The molecule has 3 heteroatoms. The zero-order chi connectivity index (χ0) is 11.4. The molecule has 0 aromatic carbocycles. The van der Waals surface area contributed by atoms with Gasteiger partial charge < -0.3 is 4.74 Å². The average Bonchev–Trinajstić information content (AvgIpc) is 1.93. The first-order valence-corrected chi connectivity index (χ1v) is 5.93. The van der Waals surface area contributed by atoms with Crippen molar-refractivity contribution in [2.24, 2.45) is 5.41 Å². The fourth-order valence-electron chi connectivity index (χ4n) is 0.699. The Balaban J connectivity index is 3.62. The number of rotatable bonds is 3. The van der Waals surface area contributed by atoms with Crippen LogP contribution < -0.4 is 0 Å². The lowest BCUT2D eigenvalue weighted by Crippen LogP contribution is -2.22. The molecule has 0 aromatic heterocycles. The summed E-state index contributed by atoms with van der Waals surface area (Å²) in [6.45, 7) is 12.5. The van der Waals surface area contributed by atoms with Gasteiger partial charge in [-0.25, -0.2) is 0 Å². The lowest BCUT2D eigenvalue weighted by Gasteiger charge is -2.20. The van der Waals surface area contributed by atoms with Gasteiger partial charge in [0.25, 0.3) is 0 Å². The standard InChI is InChI=1S/C11H22O2S/c1-10(2,3)9(12)14-8-7-13-11(4,5)6/h7-8H2,1-6H3. The maximum absolute atomic E-state index is 11.5. The van der Waals surface area contributed by atoms with Crippen LogP contribution in [0.4, 0.5) is 0 Å². The van der Waals surface area contributed by atoms with Crippen molar-refractivity contribution in [2.75, 3.05) is 12.4 Å². The number of thioether (sulfide) groups is 1. The van der Waals surface area contributed by atoms with Crippen molar-refractivity contribution >= 4 is 16.9 Å². The molecule has 0 aliphatic heterocycles. The molecule has 0 heterocycles. The minimum atomic E-state index is -0.244. The van der Waals surface area contributed by atoms with E-state index >= 15 is 0 Å². The zero-order valence-corrected chi connectivity index (χ0v) is 11.0. The van der Waals surface area contributed by atoms with E-state index in [-0.39, 0.29) is 16.1 Å². The van der Waals surface area contributed by atoms with Crippen LogP contribution in [0.25, 0.3) is 0 Å². The summed E-state index contributed by atoms with van der Waals surface area (Å²) in [6, 6.07) is 0. The second-order valence-corrected chi connectivity index (χ2v) is 6.41. The highest BCUT2D eigenvalue weighted by Crippen LogP contribution is 2.22. The van der Waals surface area contributed by atoms with Crippen molar-refractivity contribution in [1.82, 2.24) is 0 Å². The van der Waals surface area contributed by atoms with Gasteiger partial charge in [-0.2, -0.15) is 0 Å². The van der Waals surface area contributed by atoms with E-state index < -0.39 is 0 Å². The van der Waals surface area contributed by atoms with Crippen molar-refractivity contribution in [3.8, 4) is 0 Å². The molecular formula is C11H22O2S. The first kappa shape index (κ1) is 14.0. The molecule has 0 radical (unpaired) electrons. The maximum atomic E-state index is 11.5. The molecule has 0 spiro atoms. The highest BCUT2D eigenvalue weighted by molar-refractivity contribution is 8.13. The molecule has 0 aromatic rings. The van der Waals surface area contributed by atoms with Crippen LogP contribution in [0.5, 0.6) is 0 Å². The van der Waals surface area contributed by atoms with E-state index in [0.717, 1.165) is 5.75 Å². The minimum absolute atomic E-state index is 0.106. The topological polar surface area (TPSA) is 26.3 Å². The van der Waals surface area contributed by atoms with Crippen molar-refractivity contribution in [3.05, 3.63) is 0 Å². The Morgan fingerprint density at radius 1 is 1.14 bits per heavy atom. The Labute approximate surface area is 91.8 Å². The molecule has 0 N–H and O–H groups in total. The highest BCUT2D eigenvalue weighted by Gasteiger charge is 2.21. The van der Waals surface area contributed by atoms with Crippen LogP contribution in [0.2, 0.25) is 0 Å². The van der Waals surface area contributed by atoms with Crippen LogP contribution in [-0.2, 0) is 9.53 Å². The van der Waals surface area contributed by atoms with E-state index in [0.29, 0.717) is 6.61 Å². The van der Waals surface area contributed by atoms with Gasteiger partial charge in [-0.15, -0.1) is 0 Å². The molecule has 14 heavy (non-hydrogen) atoms. The number of carbonyl (C=O) groups excluding carboxylic acids is 1. The van der Waals surface area contributed by atoms with E-state index in [2.05, 4.69) is 0 Å². The molecular weight excluding hydrogens is 196 g/mol. The van der Waals surface area contributed by atoms with Gasteiger partial charge >= 0.3 is 0 Å². The van der Waals surface area contributed by atoms with Gasteiger partial charge in [0.05, 0.1) is 12.2 Å². The lowest BCUT2D eigenvalue weighted by molar-refractivity contribution is -0.117. The molecule has 0 saturated heterocycles. The van der Waals surface area contributed by atoms with Crippen LogP contribution in [0.3, 0.4) is 0 Å². The zero-order valence-electron chi connectivity index (χ0n) is 10.1. The first-order valence-electron chi connectivity index (χ1n) is 4.94. The second-order valence-electron chi connectivity index (χ2n) is 5.35. The lowest BCUT2D eigenvalue weighted by atomic mass is 10.00. The van der Waals surface area contributed by atoms with E-state index in [1.807, 2.05) is 41.5 Å². The molecule has 2 nitrogen and oxygen atoms in total. The van der Waals surface area contributed by atoms with Gasteiger partial charge in [0.2, 0.25) is 0 Å². The monoisotopic (exact) mass is 218 g/mol. The number of hydrogen-bond acceptors (Lipinski definition) is 3. The third-order valence-electron chi connectivity index (χ3n) is 1.46.